The highest BCUT2D eigenvalue weighted by Gasteiger charge is 2.38. The molecule has 1 aliphatic rings. The number of hydrogen-bond acceptors (Lipinski definition) is 1. The van der Waals surface area contributed by atoms with Crippen molar-refractivity contribution in [1.29, 1.82) is 0 Å². The first-order valence-electron chi connectivity index (χ1n) is 7.49. The topological polar surface area (TPSA) is 17.1 Å². The van der Waals surface area contributed by atoms with Crippen LogP contribution in [0.5, 0.6) is 0 Å². The minimum Gasteiger partial charge on any atom is -0.300 e. The molecule has 24 heavy (non-hydrogen) atoms. The summed E-state index contributed by atoms with van der Waals surface area (Å²) in [7, 11) is 0. The Morgan fingerprint density at radius 2 is 1.29 bits per heavy atom. The zero-order chi connectivity index (χ0) is 17.4. The Hall–Kier alpha value is -2.24. The van der Waals surface area contributed by atoms with Crippen molar-refractivity contribution in [2.24, 2.45) is 0 Å². The van der Waals surface area contributed by atoms with Gasteiger partial charge in [-0.2, -0.15) is 0 Å². The molecule has 0 aliphatic heterocycles. The molecule has 2 unspecified atom stereocenters. The number of halogens is 5. The molecule has 2 aromatic carbocycles. The number of rotatable bonds is 2. The van der Waals surface area contributed by atoms with Gasteiger partial charge in [-0.15, -0.1) is 0 Å². The fraction of sp³-hybridized carbons (Fsp3) is 0.278. The molecule has 2 aromatic rings. The van der Waals surface area contributed by atoms with Gasteiger partial charge in [0, 0.05) is 18.4 Å². The van der Waals surface area contributed by atoms with Crippen molar-refractivity contribution in [2.45, 2.75) is 31.1 Å². The van der Waals surface area contributed by atoms with E-state index >= 15 is 0 Å². The van der Waals surface area contributed by atoms with Crippen LogP contribution in [0.1, 0.15) is 42.2 Å². The summed E-state index contributed by atoms with van der Waals surface area (Å²) in [5, 5.41) is 0. The first kappa shape index (κ1) is 16.6. The maximum absolute atomic E-state index is 14.2. The van der Waals surface area contributed by atoms with Crippen molar-refractivity contribution >= 4 is 5.78 Å². The zero-order valence-electron chi connectivity index (χ0n) is 12.5. The van der Waals surface area contributed by atoms with Crippen LogP contribution >= 0.6 is 0 Å². The van der Waals surface area contributed by atoms with Gasteiger partial charge in [-0.1, -0.05) is 30.3 Å². The van der Waals surface area contributed by atoms with E-state index in [1.165, 1.54) is 0 Å². The third kappa shape index (κ3) is 2.70. The molecular weight excluding hydrogens is 327 g/mol. The Kier molecular flexibility index (Phi) is 4.39. The van der Waals surface area contributed by atoms with Gasteiger partial charge in [0.15, 0.2) is 23.3 Å². The fourth-order valence-electron chi connectivity index (χ4n) is 3.35. The second-order valence-electron chi connectivity index (χ2n) is 5.89. The highest BCUT2D eigenvalue weighted by atomic mass is 19.2. The van der Waals surface area contributed by atoms with E-state index in [1.54, 1.807) is 30.3 Å². The lowest BCUT2D eigenvalue weighted by molar-refractivity contribution is -0.121. The molecule has 0 radical (unpaired) electrons. The maximum atomic E-state index is 14.2. The number of carbonyl (C=O) groups excluding carboxylic acids is 1. The minimum atomic E-state index is -2.17. The molecule has 0 saturated heterocycles. The van der Waals surface area contributed by atoms with Crippen molar-refractivity contribution in [2.75, 3.05) is 0 Å². The maximum Gasteiger partial charge on any atom is 0.200 e. The van der Waals surface area contributed by atoms with Gasteiger partial charge in [0.1, 0.15) is 5.78 Å². The molecule has 0 amide bonds. The Bertz CT molecular complexity index is 759. The quantitative estimate of drug-likeness (QED) is 0.427. The Morgan fingerprint density at radius 3 is 1.88 bits per heavy atom. The average Bonchev–Trinajstić information content (AvgIpc) is 2.60. The third-order valence-electron chi connectivity index (χ3n) is 4.51. The summed E-state index contributed by atoms with van der Waals surface area (Å²) >= 11 is 0. The second-order valence-corrected chi connectivity index (χ2v) is 5.89. The lowest BCUT2D eigenvalue weighted by Crippen LogP contribution is -2.25. The van der Waals surface area contributed by atoms with Gasteiger partial charge in [0.2, 0.25) is 5.82 Å². The number of carbonyl (C=O) groups is 1. The average molecular weight is 340 g/mol. The van der Waals surface area contributed by atoms with Crippen LogP contribution in [-0.2, 0) is 4.79 Å². The summed E-state index contributed by atoms with van der Waals surface area (Å²) < 4.78 is 68.7. The predicted molar refractivity (Wildman–Crippen MR) is 77.0 cm³/mol. The molecule has 0 heterocycles. The second kappa shape index (κ2) is 6.34. The monoisotopic (exact) mass is 340 g/mol. The molecule has 3 rings (SSSR count). The van der Waals surface area contributed by atoms with Crippen LogP contribution in [0.3, 0.4) is 0 Å². The van der Waals surface area contributed by atoms with Crippen LogP contribution < -0.4 is 0 Å². The molecule has 1 saturated carbocycles. The third-order valence-corrected chi connectivity index (χ3v) is 4.51. The highest BCUT2D eigenvalue weighted by Crippen LogP contribution is 2.45. The summed E-state index contributed by atoms with van der Waals surface area (Å²) in [6.07, 6.45) is 0.0957. The lowest BCUT2D eigenvalue weighted by Gasteiger charge is -2.32. The van der Waals surface area contributed by atoms with Crippen molar-refractivity contribution in [1.82, 2.24) is 0 Å². The number of hydrogen-bond donors (Lipinski definition) is 0. The summed E-state index contributed by atoms with van der Waals surface area (Å²) in [5.74, 6) is -11.4. The Morgan fingerprint density at radius 1 is 0.750 bits per heavy atom. The molecule has 2 atom stereocenters. The molecule has 6 heteroatoms. The lowest BCUT2D eigenvalue weighted by atomic mass is 9.71. The normalized spacial score (nSPS) is 21.1. The van der Waals surface area contributed by atoms with E-state index < -0.39 is 46.5 Å². The summed E-state index contributed by atoms with van der Waals surface area (Å²) in [4.78, 5) is 11.8. The molecule has 1 nitrogen and oxygen atoms in total. The van der Waals surface area contributed by atoms with Crippen LogP contribution in [0, 0.1) is 29.1 Å². The molecule has 0 aromatic heterocycles. The molecule has 0 N–H and O–H groups in total. The summed E-state index contributed by atoms with van der Waals surface area (Å²) in [5.41, 5.74) is -0.188. The van der Waals surface area contributed by atoms with E-state index in [0.717, 1.165) is 0 Å². The van der Waals surface area contributed by atoms with E-state index in [0.29, 0.717) is 5.56 Å². The van der Waals surface area contributed by atoms with Gasteiger partial charge < -0.3 is 0 Å². The van der Waals surface area contributed by atoms with E-state index in [-0.39, 0.29) is 25.0 Å². The predicted octanol–water partition coefficient (Wildman–Crippen LogP) is 5.00. The van der Waals surface area contributed by atoms with Gasteiger partial charge >= 0.3 is 0 Å². The van der Waals surface area contributed by atoms with Crippen molar-refractivity contribution in [3.63, 3.8) is 0 Å². The van der Waals surface area contributed by atoms with Crippen LogP contribution in [0.4, 0.5) is 22.0 Å². The zero-order valence-corrected chi connectivity index (χ0v) is 12.5. The molecule has 0 bridgehead atoms. The van der Waals surface area contributed by atoms with Crippen LogP contribution in [0.2, 0.25) is 0 Å². The standard InChI is InChI=1S/C18H13F5O/c19-14-13(15(20)17(22)18(23)16(14)21)11-7-6-10(24)8-12(11)9-4-2-1-3-5-9/h1-5,11-12H,6-8H2. The van der Waals surface area contributed by atoms with Gasteiger partial charge in [0.25, 0.3) is 0 Å². The molecular formula is C18H13F5O. The number of benzene rings is 2. The fourth-order valence-corrected chi connectivity index (χ4v) is 3.35. The minimum absolute atomic E-state index is 0.00811. The summed E-state index contributed by atoms with van der Waals surface area (Å²) in [6.45, 7) is 0. The van der Waals surface area contributed by atoms with E-state index in [1.807, 2.05) is 0 Å². The number of ketones is 1. The van der Waals surface area contributed by atoms with Crippen molar-refractivity contribution in [3.8, 4) is 0 Å². The first-order chi connectivity index (χ1) is 11.4. The van der Waals surface area contributed by atoms with Crippen LogP contribution in [0.25, 0.3) is 0 Å². The van der Waals surface area contributed by atoms with Crippen molar-refractivity contribution < 1.29 is 26.7 Å². The summed E-state index contributed by atoms with van der Waals surface area (Å²) in [6, 6.07) is 8.50. The molecule has 0 spiro atoms. The van der Waals surface area contributed by atoms with Crippen molar-refractivity contribution in [3.05, 3.63) is 70.5 Å². The van der Waals surface area contributed by atoms with Crippen LogP contribution in [0.15, 0.2) is 30.3 Å². The molecule has 1 aliphatic carbocycles. The van der Waals surface area contributed by atoms with E-state index in [2.05, 4.69) is 0 Å². The van der Waals surface area contributed by atoms with E-state index in [4.69, 9.17) is 0 Å². The Balaban J connectivity index is 2.15. The molecule has 126 valence electrons. The van der Waals surface area contributed by atoms with Crippen LogP contribution in [-0.4, -0.2) is 5.78 Å². The number of Topliss-reactive ketones (excluding diaryl/α,β-unsaturated/α-hetero) is 1. The van der Waals surface area contributed by atoms with Gasteiger partial charge in [-0.25, -0.2) is 22.0 Å². The molecule has 1 fully saturated rings. The van der Waals surface area contributed by atoms with Gasteiger partial charge in [-0.05, 0) is 23.8 Å². The van der Waals surface area contributed by atoms with Gasteiger partial charge in [-0.3, -0.25) is 4.79 Å². The first-order valence-corrected chi connectivity index (χ1v) is 7.49. The Labute approximate surface area is 135 Å². The highest BCUT2D eigenvalue weighted by molar-refractivity contribution is 5.80. The smallest absolute Gasteiger partial charge is 0.200 e. The van der Waals surface area contributed by atoms with Gasteiger partial charge in [0.05, 0.1) is 0 Å². The van der Waals surface area contributed by atoms with E-state index in [9.17, 15) is 26.7 Å². The largest absolute Gasteiger partial charge is 0.300 e. The SMILES string of the molecule is O=C1CCC(c2c(F)c(F)c(F)c(F)c2F)C(c2ccccc2)C1.